The van der Waals surface area contributed by atoms with Gasteiger partial charge >= 0.3 is 11.9 Å². The van der Waals surface area contributed by atoms with Crippen molar-refractivity contribution < 1.29 is 27.5 Å². The molecular weight excluding hydrogens is 322 g/mol. The Morgan fingerprint density at radius 1 is 1.17 bits per heavy atom. The molecule has 0 aliphatic carbocycles. The van der Waals surface area contributed by atoms with Gasteiger partial charge in [0.1, 0.15) is 11.6 Å². The number of ether oxygens (including phenoxy) is 2. The summed E-state index contributed by atoms with van der Waals surface area (Å²) in [5.41, 5.74) is -0.628. The van der Waals surface area contributed by atoms with Crippen LogP contribution in [0, 0.1) is 0 Å². The van der Waals surface area contributed by atoms with Crippen LogP contribution in [0.3, 0.4) is 0 Å². The van der Waals surface area contributed by atoms with Crippen molar-refractivity contribution in [3.8, 4) is 0 Å². The van der Waals surface area contributed by atoms with Crippen LogP contribution in [0.5, 0.6) is 0 Å². The zero-order valence-electron chi connectivity index (χ0n) is 14.7. The van der Waals surface area contributed by atoms with E-state index in [1.54, 1.807) is 27.7 Å². The molecule has 1 N–H and O–H groups in total. The van der Waals surface area contributed by atoms with E-state index in [1.807, 2.05) is 6.92 Å². The van der Waals surface area contributed by atoms with Gasteiger partial charge in [-0.1, -0.05) is 13.3 Å². The van der Waals surface area contributed by atoms with Crippen molar-refractivity contribution in [1.29, 1.82) is 0 Å². The Labute approximate surface area is 139 Å². The first-order valence-electron chi connectivity index (χ1n) is 7.89. The van der Waals surface area contributed by atoms with Gasteiger partial charge in [-0.05, 0) is 40.5 Å². The molecule has 0 aromatic heterocycles. The average molecular weight is 351 g/mol. The summed E-state index contributed by atoms with van der Waals surface area (Å²) in [5, 5.41) is 0. The number of carbonyl (C=O) groups is 2. The van der Waals surface area contributed by atoms with E-state index in [-0.39, 0.29) is 25.2 Å². The van der Waals surface area contributed by atoms with Gasteiger partial charge in [-0.25, -0.2) is 13.1 Å². The lowest BCUT2D eigenvalue weighted by molar-refractivity contribution is -0.155. The van der Waals surface area contributed by atoms with Crippen LogP contribution < -0.4 is 4.72 Å². The zero-order valence-corrected chi connectivity index (χ0v) is 15.5. The molecule has 1 atom stereocenters. The minimum atomic E-state index is -3.59. The lowest BCUT2D eigenvalue weighted by atomic mass is 10.1. The molecule has 0 heterocycles. The lowest BCUT2D eigenvalue weighted by Gasteiger charge is -2.21. The van der Waals surface area contributed by atoms with Crippen LogP contribution in [0.25, 0.3) is 0 Å². The highest BCUT2D eigenvalue weighted by atomic mass is 32.2. The van der Waals surface area contributed by atoms with Crippen molar-refractivity contribution in [2.24, 2.45) is 0 Å². The van der Waals surface area contributed by atoms with Crippen molar-refractivity contribution in [2.75, 3.05) is 12.4 Å². The number of esters is 2. The average Bonchev–Trinajstić information content (AvgIpc) is 2.39. The van der Waals surface area contributed by atoms with E-state index in [2.05, 4.69) is 4.72 Å². The van der Waals surface area contributed by atoms with Crippen LogP contribution in [0.1, 0.15) is 60.3 Å². The fraction of sp³-hybridized carbons (Fsp3) is 0.867. The highest BCUT2D eigenvalue weighted by Gasteiger charge is 2.27. The van der Waals surface area contributed by atoms with Gasteiger partial charge in [-0.3, -0.25) is 9.59 Å². The van der Waals surface area contributed by atoms with Gasteiger partial charge in [-0.2, -0.15) is 0 Å². The molecule has 23 heavy (non-hydrogen) atoms. The van der Waals surface area contributed by atoms with E-state index in [1.165, 1.54) is 0 Å². The third-order valence-corrected chi connectivity index (χ3v) is 4.19. The molecule has 0 saturated carbocycles. The van der Waals surface area contributed by atoms with E-state index in [4.69, 9.17) is 9.47 Å². The smallest absolute Gasteiger partial charge is 0.324 e. The summed E-state index contributed by atoms with van der Waals surface area (Å²) in [4.78, 5) is 23.6. The summed E-state index contributed by atoms with van der Waals surface area (Å²) in [6.45, 7) is 8.86. The van der Waals surface area contributed by atoms with Crippen LogP contribution in [0.15, 0.2) is 0 Å². The predicted octanol–water partition coefficient (Wildman–Crippen LogP) is 1.76. The van der Waals surface area contributed by atoms with E-state index >= 15 is 0 Å². The van der Waals surface area contributed by atoms with Crippen molar-refractivity contribution in [1.82, 2.24) is 4.72 Å². The Kier molecular flexibility index (Phi) is 9.38. The molecule has 0 aliphatic heterocycles. The summed E-state index contributed by atoms with van der Waals surface area (Å²) in [6, 6.07) is -1.08. The molecule has 0 radical (unpaired) electrons. The molecule has 7 nitrogen and oxygen atoms in total. The molecule has 0 aromatic rings. The molecule has 0 bridgehead atoms. The Hall–Kier alpha value is -1.15. The first kappa shape index (κ1) is 21.9. The van der Waals surface area contributed by atoms with E-state index in [0.29, 0.717) is 6.42 Å². The van der Waals surface area contributed by atoms with Gasteiger partial charge in [0, 0.05) is 6.42 Å². The Balaban J connectivity index is 4.76. The molecule has 0 fully saturated rings. The van der Waals surface area contributed by atoms with Crippen molar-refractivity contribution in [3.05, 3.63) is 0 Å². The van der Waals surface area contributed by atoms with E-state index < -0.39 is 33.6 Å². The zero-order chi connectivity index (χ0) is 18.1. The van der Waals surface area contributed by atoms with Crippen molar-refractivity contribution in [3.63, 3.8) is 0 Å². The number of nitrogens with one attached hydrogen (secondary N) is 1. The molecule has 0 amide bonds. The fourth-order valence-corrected chi connectivity index (χ4v) is 3.17. The summed E-state index contributed by atoms with van der Waals surface area (Å²) in [7, 11) is -3.59. The molecule has 0 rings (SSSR count). The molecule has 0 aromatic carbocycles. The first-order chi connectivity index (χ1) is 10.5. The standard InChI is InChI=1S/C15H29NO6S/c1-6-8-11-23(19,20)16-12(14(18)21-7-2)9-10-13(17)22-15(3,4)5/h12,16H,6-11H2,1-5H3/t12-/m0/s1. The molecular formula is C15H29NO6S. The maximum Gasteiger partial charge on any atom is 0.324 e. The Morgan fingerprint density at radius 3 is 2.26 bits per heavy atom. The van der Waals surface area contributed by atoms with E-state index in [0.717, 1.165) is 6.42 Å². The van der Waals surface area contributed by atoms with Crippen molar-refractivity contribution in [2.45, 2.75) is 71.9 Å². The third-order valence-electron chi connectivity index (χ3n) is 2.72. The van der Waals surface area contributed by atoms with Crippen molar-refractivity contribution >= 4 is 22.0 Å². The second kappa shape index (κ2) is 9.87. The topological polar surface area (TPSA) is 98.8 Å². The van der Waals surface area contributed by atoms with Gasteiger partial charge < -0.3 is 9.47 Å². The quantitative estimate of drug-likeness (QED) is 0.602. The summed E-state index contributed by atoms with van der Waals surface area (Å²) in [5.74, 6) is -1.23. The molecule has 0 aliphatic rings. The number of rotatable bonds is 10. The SMILES string of the molecule is CCCCS(=O)(=O)N[C@@H](CCC(=O)OC(C)(C)C)C(=O)OCC. The number of unbranched alkanes of at least 4 members (excludes halogenated alkanes) is 1. The predicted molar refractivity (Wildman–Crippen MR) is 87.3 cm³/mol. The number of hydrogen-bond acceptors (Lipinski definition) is 6. The molecule has 8 heteroatoms. The fourth-order valence-electron chi connectivity index (χ4n) is 1.73. The van der Waals surface area contributed by atoms with Gasteiger partial charge in [0.2, 0.25) is 10.0 Å². The lowest BCUT2D eigenvalue weighted by Crippen LogP contribution is -2.43. The maximum atomic E-state index is 11.9. The third kappa shape index (κ3) is 11.1. The van der Waals surface area contributed by atoms with E-state index in [9.17, 15) is 18.0 Å². The second-order valence-corrected chi connectivity index (χ2v) is 8.09. The van der Waals surface area contributed by atoms with Crippen LogP contribution >= 0.6 is 0 Å². The summed E-state index contributed by atoms with van der Waals surface area (Å²) < 4.78 is 36.2. The number of carbonyl (C=O) groups excluding carboxylic acids is 2. The van der Waals surface area contributed by atoms with Gasteiger partial charge in [0.15, 0.2) is 0 Å². The summed E-state index contributed by atoms with van der Waals surface area (Å²) in [6.07, 6.45) is 1.15. The minimum absolute atomic E-state index is 0.000891. The Bertz CT molecular complexity index is 481. The van der Waals surface area contributed by atoms with Crippen LogP contribution in [-0.4, -0.2) is 44.4 Å². The highest BCUT2D eigenvalue weighted by molar-refractivity contribution is 7.89. The second-order valence-electron chi connectivity index (χ2n) is 6.22. The largest absolute Gasteiger partial charge is 0.465 e. The molecule has 136 valence electrons. The van der Waals surface area contributed by atoms with Gasteiger partial charge in [0.25, 0.3) is 0 Å². The number of hydrogen-bond donors (Lipinski definition) is 1. The molecule has 0 unspecified atom stereocenters. The number of sulfonamides is 1. The Morgan fingerprint density at radius 2 is 1.78 bits per heavy atom. The normalized spacial score (nSPS) is 13.4. The minimum Gasteiger partial charge on any atom is -0.465 e. The van der Waals surface area contributed by atoms with Crippen LogP contribution in [-0.2, 0) is 29.1 Å². The first-order valence-corrected chi connectivity index (χ1v) is 9.54. The molecule has 0 saturated heterocycles. The van der Waals surface area contributed by atoms with Crippen LogP contribution in [0.4, 0.5) is 0 Å². The highest BCUT2D eigenvalue weighted by Crippen LogP contribution is 2.11. The van der Waals surface area contributed by atoms with Crippen LogP contribution in [0.2, 0.25) is 0 Å². The monoisotopic (exact) mass is 351 g/mol. The van der Waals surface area contributed by atoms with Gasteiger partial charge in [0.05, 0.1) is 12.4 Å². The van der Waals surface area contributed by atoms with Gasteiger partial charge in [-0.15, -0.1) is 0 Å². The maximum absolute atomic E-state index is 11.9. The summed E-state index contributed by atoms with van der Waals surface area (Å²) >= 11 is 0. The molecule has 0 spiro atoms.